The Kier molecular flexibility index (Phi) is 8.40. The van der Waals surface area contributed by atoms with E-state index in [-0.39, 0.29) is 36.6 Å². The molecule has 10 nitrogen and oxygen atoms in total. The maximum atomic E-state index is 14.3. The maximum absolute atomic E-state index is 14.3. The molecule has 2 aromatic rings. The zero-order chi connectivity index (χ0) is 31.3. The molecule has 1 aliphatic carbocycles. The van der Waals surface area contributed by atoms with Crippen molar-refractivity contribution in [3.05, 3.63) is 39.7 Å². The quantitative estimate of drug-likeness (QED) is 0.476. The molecular formula is C29H35ClF3N5O5. The number of carbonyl (C=O) groups excluding carboxylic acids is 2. The number of aromatic nitrogens is 3. The number of amides is 2. The number of aliphatic carboxylic acids is 1. The van der Waals surface area contributed by atoms with Crippen molar-refractivity contribution in [1.82, 2.24) is 24.8 Å². The molecule has 2 amide bonds. The van der Waals surface area contributed by atoms with Gasteiger partial charge in [0.25, 0.3) is 0 Å². The average molecular weight is 626 g/mol. The first-order valence-corrected chi connectivity index (χ1v) is 14.8. The third-order valence-electron chi connectivity index (χ3n) is 9.34. The van der Waals surface area contributed by atoms with Gasteiger partial charge in [-0.1, -0.05) is 36.6 Å². The summed E-state index contributed by atoms with van der Waals surface area (Å²) in [6, 6.07) is 2.39. The summed E-state index contributed by atoms with van der Waals surface area (Å²) in [7, 11) is 1.15. The van der Waals surface area contributed by atoms with Crippen molar-refractivity contribution in [2.24, 2.45) is 24.3 Å². The Balaban J connectivity index is 1.55. The van der Waals surface area contributed by atoms with E-state index >= 15 is 0 Å². The number of carboxylic acids is 1. The minimum Gasteiger partial charge on any atom is -0.487 e. The van der Waals surface area contributed by atoms with Crippen LogP contribution in [0.25, 0.3) is 0 Å². The van der Waals surface area contributed by atoms with Gasteiger partial charge >= 0.3 is 12.1 Å². The summed E-state index contributed by atoms with van der Waals surface area (Å²) in [5.74, 6) is -2.16. The summed E-state index contributed by atoms with van der Waals surface area (Å²) in [5, 5.41) is 17.7. The fourth-order valence-electron chi connectivity index (χ4n) is 6.82. The Morgan fingerprint density at radius 1 is 1.21 bits per heavy atom. The molecule has 1 aromatic carbocycles. The van der Waals surface area contributed by atoms with E-state index in [2.05, 4.69) is 10.3 Å². The van der Waals surface area contributed by atoms with Gasteiger partial charge in [0.05, 0.1) is 17.4 Å². The molecule has 2 aliphatic heterocycles. The number of nitrogens with zero attached hydrogens (tertiary/aromatic N) is 5. The summed E-state index contributed by atoms with van der Waals surface area (Å²) in [4.78, 5) is 43.0. The van der Waals surface area contributed by atoms with E-state index < -0.39 is 47.5 Å². The molecule has 3 heterocycles. The highest BCUT2D eigenvalue weighted by atomic mass is 35.5. The molecule has 0 radical (unpaired) electrons. The lowest BCUT2D eigenvalue weighted by atomic mass is 9.66. The molecule has 1 aromatic heterocycles. The molecular weight excluding hydrogens is 591 g/mol. The molecule has 0 bridgehead atoms. The van der Waals surface area contributed by atoms with Crippen LogP contribution >= 0.6 is 11.6 Å². The highest BCUT2D eigenvalue weighted by molar-refractivity contribution is 6.31. The van der Waals surface area contributed by atoms with Crippen LogP contribution in [0.4, 0.5) is 13.2 Å². The molecule has 234 valence electrons. The van der Waals surface area contributed by atoms with Crippen LogP contribution < -0.4 is 4.74 Å². The Morgan fingerprint density at radius 3 is 2.60 bits per heavy atom. The van der Waals surface area contributed by atoms with Crippen LogP contribution in [0.2, 0.25) is 5.02 Å². The van der Waals surface area contributed by atoms with E-state index in [1.807, 2.05) is 6.92 Å². The lowest BCUT2D eigenvalue weighted by Gasteiger charge is -2.45. The average Bonchev–Trinajstić information content (AvgIpc) is 3.49. The molecule has 14 heteroatoms. The fraction of sp³-hybridized carbons (Fsp3) is 0.621. The van der Waals surface area contributed by atoms with Crippen molar-refractivity contribution in [3.63, 3.8) is 0 Å². The van der Waals surface area contributed by atoms with Gasteiger partial charge in [0.2, 0.25) is 11.8 Å². The number of fused-ring (bicyclic) bond motifs is 1. The predicted octanol–water partition coefficient (Wildman–Crippen LogP) is 4.64. The van der Waals surface area contributed by atoms with Gasteiger partial charge in [0.1, 0.15) is 18.1 Å². The van der Waals surface area contributed by atoms with Gasteiger partial charge in [-0.3, -0.25) is 14.4 Å². The van der Waals surface area contributed by atoms with Crippen molar-refractivity contribution in [2.45, 2.75) is 71.2 Å². The number of aryl methyl sites for hydroxylation is 1. The number of ether oxygens (including phenoxy) is 1. The van der Waals surface area contributed by atoms with Crippen LogP contribution in [-0.2, 0) is 40.6 Å². The zero-order valence-corrected chi connectivity index (χ0v) is 25.0. The molecule has 1 N–H and O–H groups in total. The van der Waals surface area contributed by atoms with Crippen molar-refractivity contribution >= 4 is 29.4 Å². The summed E-state index contributed by atoms with van der Waals surface area (Å²) in [6.45, 7) is 3.75. The summed E-state index contributed by atoms with van der Waals surface area (Å²) >= 11 is 6.62. The van der Waals surface area contributed by atoms with Crippen LogP contribution in [0.3, 0.4) is 0 Å². The molecule has 43 heavy (non-hydrogen) atoms. The lowest BCUT2D eigenvalue weighted by Crippen LogP contribution is -2.52. The molecule has 4 atom stereocenters. The van der Waals surface area contributed by atoms with Crippen LogP contribution in [0.1, 0.15) is 74.5 Å². The number of halogens is 4. The van der Waals surface area contributed by atoms with Crippen LogP contribution in [0, 0.1) is 17.3 Å². The highest BCUT2D eigenvalue weighted by Crippen LogP contribution is 2.47. The first-order chi connectivity index (χ1) is 20.2. The molecule has 2 fully saturated rings. The Labute approximate surface area is 252 Å². The van der Waals surface area contributed by atoms with E-state index in [0.717, 1.165) is 13.5 Å². The third-order valence-corrected chi connectivity index (χ3v) is 9.69. The van der Waals surface area contributed by atoms with Gasteiger partial charge in [-0.2, -0.15) is 13.2 Å². The van der Waals surface area contributed by atoms with E-state index in [9.17, 15) is 32.7 Å². The number of rotatable bonds is 7. The fourth-order valence-corrected chi connectivity index (χ4v) is 7.08. The largest absolute Gasteiger partial charge is 0.487 e. The first kappa shape index (κ1) is 31.1. The normalized spacial score (nSPS) is 26.0. The standard InChI is InChI=1S/C29H35ClF3N5O5/c1-16-9-12-37(25(16)39)14-21-23-17(10-13-38(21)26(40)18-6-4-5-11-28(18,2)27(41)42)19(30)7-8-22(23)43-15-20-24(29(31,32)33)36(3)35-34-20/h7-8,16,18,21H,4-6,9-15H2,1-3H3,(H,41,42)/t16-,18?,21+,28+/m0/s1. The lowest BCUT2D eigenvalue weighted by molar-refractivity contribution is -0.162. The zero-order valence-electron chi connectivity index (χ0n) is 24.3. The summed E-state index contributed by atoms with van der Waals surface area (Å²) in [5.41, 5.74) is -1.50. The molecule has 0 spiro atoms. The molecule has 1 saturated carbocycles. The Morgan fingerprint density at radius 2 is 1.95 bits per heavy atom. The smallest absolute Gasteiger partial charge is 0.435 e. The Bertz CT molecular complexity index is 1430. The van der Waals surface area contributed by atoms with E-state index in [1.54, 1.807) is 28.9 Å². The highest BCUT2D eigenvalue weighted by Gasteiger charge is 2.50. The van der Waals surface area contributed by atoms with E-state index in [0.29, 0.717) is 59.5 Å². The summed E-state index contributed by atoms with van der Waals surface area (Å²) < 4.78 is 47.7. The van der Waals surface area contributed by atoms with E-state index in [1.165, 1.54) is 0 Å². The van der Waals surface area contributed by atoms with Crippen molar-refractivity contribution < 1.29 is 37.4 Å². The van der Waals surface area contributed by atoms with Gasteiger partial charge in [0, 0.05) is 43.2 Å². The first-order valence-electron chi connectivity index (χ1n) is 14.5. The molecule has 1 unspecified atom stereocenters. The van der Waals surface area contributed by atoms with Gasteiger partial charge in [-0.25, -0.2) is 4.68 Å². The molecule has 3 aliphatic rings. The van der Waals surface area contributed by atoms with Gasteiger partial charge in [-0.05, 0) is 50.3 Å². The van der Waals surface area contributed by atoms with Crippen molar-refractivity contribution in [1.29, 1.82) is 0 Å². The second-order valence-corrected chi connectivity index (χ2v) is 12.4. The second-order valence-electron chi connectivity index (χ2n) is 12.0. The third kappa shape index (κ3) is 5.67. The maximum Gasteiger partial charge on any atom is 0.435 e. The number of hydrogen-bond donors (Lipinski definition) is 1. The van der Waals surface area contributed by atoms with Crippen LogP contribution in [0.5, 0.6) is 5.75 Å². The molecule has 1 saturated heterocycles. The van der Waals surface area contributed by atoms with Crippen molar-refractivity contribution in [2.75, 3.05) is 19.6 Å². The van der Waals surface area contributed by atoms with Gasteiger partial charge < -0.3 is 19.6 Å². The summed E-state index contributed by atoms with van der Waals surface area (Å²) in [6.07, 6.45) is -1.51. The number of carbonyl (C=O) groups is 3. The monoisotopic (exact) mass is 625 g/mol. The topological polar surface area (TPSA) is 118 Å². The molecule has 5 rings (SSSR count). The number of benzene rings is 1. The van der Waals surface area contributed by atoms with Crippen LogP contribution in [0.15, 0.2) is 12.1 Å². The van der Waals surface area contributed by atoms with Gasteiger partial charge in [0.15, 0.2) is 5.69 Å². The van der Waals surface area contributed by atoms with Gasteiger partial charge in [-0.15, -0.1) is 5.10 Å². The number of carboxylic acid groups (broad SMARTS) is 1. The van der Waals surface area contributed by atoms with Crippen LogP contribution in [-0.4, -0.2) is 67.3 Å². The number of likely N-dealkylation sites (tertiary alicyclic amines) is 1. The minimum atomic E-state index is -4.70. The Hall–Kier alpha value is -3.35. The minimum absolute atomic E-state index is 0.0635. The number of alkyl halides is 3. The SMILES string of the molecule is C[C@H]1CCN(C[C@@H]2c3c(OCc4nnn(C)c4C(F)(F)F)ccc(Cl)c3CCN2C(=O)C2CCCC[C@@]2(C)C(=O)O)C1=O. The van der Waals surface area contributed by atoms with E-state index in [4.69, 9.17) is 16.3 Å². The van der Waals surface area contributed by atoms with Crippen molar-refractivity contribution in [3.8, 4) is 5.75 Å². The number of hydrogen-bond acceptors (Lipinski definition) is 6. The predicted molar refractivity (Wildman–Crippen MR) is 148 cm³/mol. The second kappa shape index (κ2) is 11.6.